The number of hydrogen-bond donors (Lipinski definition) is 2. The van der Waals surface area contributed by atoms with Crippen molar-refractivity contribution >= 4 is 11.5 Å². The van der Waals surface area contributed by atoms with E-state index in [4.69, 9.17) is 5.73 Å². The number of piperidine rings is 1. The van der Waals surface area contributed by atoms with E-state index in [0.717, 1.165) is 11.0 Å². The Hall–Kier alpha value is -1.76. The lowest BCUT2D eigenvalue weighted by molar-refractivity contribution is 0.0970. The molecule has 1 saturated heterocycles. The molecule has 0 bridgehead atoms. The molecule has 0 spiro atoms. The third kappa shape index (κ3) is 2.70. The van der Waals surface area contributed by atoms with Gasteiger partial charge in [0.25, 0.3) is 5.56 Å². The van der Waals surface area contributed by atoms with Gasteiger partial charge in [-0.05, 0) is 18.8 Å². The number of aliphatic hydroxyl groups excluding tert-OH is 1. The molecule has 2 atom stereocenters. The summed E-state index contributed by atoms with van der Waals surface area (Å²) >= 11 is 0. The molecule has 7 heteroatoms. The lowest BCUT2D eigenvalue weighted by Gasteiger charge is -2.36. The van der Waals surface area contributed by atoms with Crippen molar-refractivity contribution in [2.45, 2.75) is 39.3 Å². The standard InChI is InChI=1S/C14H24N4O3/c1-4-6-18-12(15)11(13(20)16(3)14(18)21)17-7-5-10(19)9(2)8-17/h9-10,19H,4-8,15H2,1-3H3. The number of nitrogens with zero attached hydrogens (tertiary/aromatic N) is 3. The maximum atomic E-state index is 12.4. The molecule has 1 aliphatic rings. The summed E-state index contributed by atoms with van der Waals surface area (Å²) in [5.41, 5.74) is 5.73. The van der Waals surface area contributed by atoms with Gasteiger partial charge in [0.15, 0.2) is 0 Å². The van der Waals surface area contributed by atoms with E-state index < -0.39 is 0 Å². The molecule has 2 rings (SSSR count). The van der Waals surface area contributed by atoms with Gasteiger partial charge in [-0.2, -0.15) is 0 Å². The molecular formula is C14H24N4O3. The summed E-state index contributed by atoms with van der Waals surface area (Å²) < 4.78 is 2.56. The number of nitrogen functional groups attached to an aromatic ring is 1. The average molecular weight is 296 g/mol. The van der Waals surface area contributed by atoms with Crippen LogP contribution in [0.15, 0.2) is 9.59 Å². The predicted molar refractivity (Wildman–Crippen MR) is 82.6 cm³/mol. The SMILES string of the molecule is CCCn1c(N)c(N2CCC(O)C(C)C2)c(=O)n(C)c1=O. The predicted octanol–water partition coefficient (Wildman–Crippen LogP) is -0.254. The Morgan fingerprint density at radius 2 is 2.05 bits per heavy atom. The van der Waals surface area contributed by atoms with E-state index in [1.54, 1.807) is 0 Å². The lowest BCUT2D eigenvalue weighted by Crippen LogP contribution is -2.48. The van der Waals surface area contributed by atoms with Crippen molar-refractivity contribution in [3.8, 4) is 0 Å². The van der Waals surface area contributed by atoms with Gasteiger partial charge in [0.2, 0.25) is 0 Å². The molecule has 0 aromatic carbocycles. The highest BCUT2D eigenvalue weighted by Crippen LogP contribution is 2.24. The fourth-order valence-corrected chi connectivity index (χ4v) is 2.84. The van der Waals surface area contributed by atoms with Crippen LogP contribution in [0.3, 0.4) is 0 Å². The van der Waals surface area contributed by atoms with E-state index in [-0.39, 0.29) is 29.1 Å². The van der Waals surface area contributed by atoms with Crippen molar-refractivity contribution in [2.24, 2.45) is 13.0 Å². The van der Waals surface area contributed by atoms with Gasteiger partial charge in [-0.25, -0.2) is 4.79 Å². The number of anilines is 2. The monoisotopic (exact) mass is 296 g/mol. The second-order valence-electron chi connectivity index (χ2n) is 5.81. The van der Waals surface area contributed by atoms with Crippen molar-refractivity contribution in [2.75, 3.05) is 23.7 Å². The van der Waals surface area contributed by atoms with Crippen LogP contribution < -0.4 is 21.9 Å². The Morgan fingerprint density at radius 1 is 1.38 bits per heavy atom. The average Bonchev–Trinajstić information content (AvgIpc) is 2.45. The van der Waals surface area contributed by atoms with Crippen LogP contribution in [0.4, 0.5) is 11.5 Å². The fraction of sp³-hybridized carbons (Fsp3) is 0.714. The number of nitrogens with two attached hydrogens (primary N) is 1. The van der Waals surface area contributed by atoms with Crippen molar-refractivity contribution in [3.05, 3.63) is 20.8 Å². The molecule has 0 aliphatic carbocycles. The van der Waals surface area contributed by atoms with E-state index >= 15 is 0 Å². The Labute approximate surface area is 123 Å². The molecule has 1 fully saturated rings. The highest BCUT2D eigenvalue weighted by Gasteiger charge is 2.28. The van der Waals surface area contributed by atoms with Gasteiger partial charge in [-0.1, -0.05) is 13.8 Å². The maximum absolute atomic E-state index is 12.4. The summed E-state index contributed by atoms with van der Waals surface area (Å²) in [4.78, 5) is 26.4. The molecule has 0 saturated carbocycles. The molecule has 1 aromatic rings. The minimum atomic E-state index is -0.381. The van der Waals surface area contributed by atoms with Gasteiger partial charge in [0.1, 0.15) is 11.5 Å². The fourth-order valence-electron chi connectivity index (χ4n) is 2.84. The zero-order chi connectivity index (χ0) is 15.7. The first kappa shape index (κ1) is 15.6. The van der Waals surface area contributed by atoms with E-state index in [2.05, 4.69) is 0 Å². The van der Waals surface area contributed by atoms with Crippen LogP contribution in [0.5, 0.6) is 0 Å². The number of aliphatic hydroxyl groups is 1. The summed E-state index contributed by atoms with van der Waals surface area (Å²) in [7, 11) is 1.47. The molecule has 1 aliphatic heterocycles. The first-order chi connectivity index (χ1) is 9.88. The summed E-state index contributed by atoms with van der Waals surface area (Å²) in [6, 6.07) is 0. The maximum Gasteiger partial charge on any atom is 0.332 e. The number of rotatable bonds is 3. The second-order valence-corrected chi connectivity index (χ2v) is 5.81. The molecular weight excluding hydrogens is 272 g/mol. The van der Waals surface area contributed by atoms with Crippen LogP contribution >= 0.6 is 0 Å². The van der Waals surface area contributed by atoms with Gasteiger partial charge >= 0.3 is 5.69 Å². The third-order valence-corrected chi connectivity index (χ3v) is 4.18. The molecule has 21 heavy (non-hydrogen) atoms. The smallest absolute Gasteiger partial charge is 0.332 e. The Kier molecular flexibility index (Phi) is 4.41. The highest BCUT2D eigenvalue weighted by atomic mass is 16.3. The Morgan fingerprint density at radius 3 is 2.62 bits per heavy atom. The summed E-state index contributed by atoms with van der Waals surface area (Å²) in [6.45, 7) is 5.51. The van der Waals surface area contributed by atoms with Crippen molar-refractivity contribution in [1.82, 2.24) is 9.13 Å². The normalized spacial score (nSPS) is 22.6. The zero-order valence-electron chi connectivity index (χ0n) is 12.9. The molecule has 7 nitrogen and oxygen atoms in total. The van der Waals surface area contributed by atoms with Crippen LogP contribution in [-0.2, 0) is 13.6 Å². The number of aromatic nitrogens is 2. The minimum absolute atomic E-state index is 0.0643. The molecule has 1 aromatic heterocycles. The van der Waals surface area contributed by atoms with E-state index in [1.165, 1.54) is 11.6 Å². The van der Waals surface area contributed by atoms with Gasteiger partial charge < -0.3 is 15.7 Å². The van der Waals surface area contributed by atoms with Gasteiger partial charge in [0, 0.05) is 26.7 Å². The lowest BCUT2D eigenvalue weighted by atomic mass is 9.96. The summed E-state index contributed by atoms with van der Waals surface area (Å²) in [6.07, 6.45) is 1.00. The van der Waals surface area contributed by atoms with Gasteiger partial charge in [-0.3, -0.25) is 13.9 Å². The third-order valence-electron chi connectivity index (χ3n) is 4.18. The van der Waals surface area contributed by atoms with Gasteiger partial charge in [-0.15, -0.1) is 0 Å². The highest BCUT2D eigenvalue weighted by molar-refractivity contribution is 5.62. The molecule has 0 amide bonds. The molecule has 118 valence electrons. The summed E-state index contributed by atoms with van der Waals surface area (Å²) in [5.74, 6) is 0.294. The quantitative estimate of drug-likeness (QED) is 0.802. The topological polar surface area (TPSA) is 93.5 Å². The molecule has 0 radical (unpaired) electrons. The van der Waals surface area contributed by atoms with Crippen LogP contribution in [0.1, 0.15) is 26.7 Å². The first-order valence-electron chi connectivity index (χ1n) is 7.40. The van der Waals surface area contributed by atoms with E-state index in [9.17, 15) is 14.7 Å². The van der Waals surface area contributed by atoms with E-state index in [0.29, 0.717) is 31.7 Å². The largest absolute Gasteiger partial charge is 0.393 e. The Balaban J connectivity index is 2.53. The van der Waals surface area contributed by atoms with Crippen LogP contribution in [-0.4, -0.2) is 33.4 Å². The molecule has 2 unspecified atom stereocenters. The zero-order valence-corrected chi connectivity index (χ0v) is 12.9. The van der Waals surface area contributed by atoms with Crippen LogP contribution in [0, 0.1) is 5.92 Å². The number of hydrogen-bond acceptors (Lipinski definition) is 5. The first-order valence-corrected chi connectivity index (χ1v) is 7.40. The van der Waals surface area contributed by atoms with E-state index in [1.807, 2.05) is 18.7 Å². The van der Waals surface area contributed by atoms with Crippen LogP contribution in [0.2, 0.25) is 0 Å². The van der Waals surface area contributed by atoms with Gasteiger partial charge in [0.05, 0.1) is 6.10 Å². The molecule has 2 heterocycles. The van der Waals surface area contributed by atoms with Crippen LogP contribution in [0.25, 0.3) is 0 Å². The van der Waals surface area contributed by atoms with Crippen molar-refractivity contribution in [1.29, 1.82) is 0 Å². The van der Waals surface area contributed by atoms with Crippen molar-refractivity contribution in [3.63, 3.8) is 0 Å². The Bertz CT molecular complexity index is 634. The van der Waals surface area contributed by atoms with Crippen molar-refractivity contribution < 1.29 is 5.11 Å². The summed E-state index contributed by atoms with van der Waals surface area (Å²) in [5, 5.41) is 9.82. The second kappa shape index (κ2) is 5.93. The molecule has 3 N–H and O–H groups in total. The minimum Gasteiger partial charge on any atom is -0.393 e.